The van der Waals surface area contributed by atoms with Gasteiger partial charge in [0.2, 0.25) is 0 Å². The normalized spacial score (nSPS) is 12.9. The minimum atomic E-state index is 0.321. The summed E-state index contributed by atoms with van der Waals surface area (Å²) in [5.41, 5.74) is 1.25. The lowest BCUT2D eigenvalue weighted by Crippen LogP contribution is -2.20. The predicted octanol–water partition coefficient (Wildman–Crippen LogP) is 3.56. The van der Waals surface area contributed by atoms with Gasteiger partial charge in [0.15, 0.2) is 0 Å². The molecule has 1 rings (SSSR count). The standard InChI is InChI=1S/C16H21NO/c1-3-4-5-6-13-17-14(2)7-8-15-9-11-16(18)12-10-15/h3-6,9-14,17-18H,1,7-8H2,2H3/b5-4-,13-6+. The summed E-state index contributed by atoms with van der Waals surface area (Å²) in [5, 5.41) is 12.5. The number of allylic oxidation sites excluding steroid dienone is 4. The monoisotopic (exact) mass is 243 g/mol. The Labute approximate surface area is 109 Å². The molecule has 2 heteroatoms. The van der Waals surface area contributed by atoms with Crippen molar-refractivity contribution < 1.29 is 5.11 Å². The van der Waals surface area contributed by atoms with E-state index >= 15 is 0 Å². The minimum absolute atomic E-state index is 0.321. The lowest BCUT2D eigenvalue weighted by atomic mass is 10.1. The van der Waals surface area contributed by atoms with Crippen molar-refractivity contribution in [2.75, 3.05) is 0 Å². The van der Waals surface area contributed by atoms with E-state index in [1.54, 1.807) is 18.2 Å². The number of benzene rings is 1. The lowest BCUT2D eigenvalue weighted by molar-refractivity contribution is 0.475. The molecule has 18 heavy (non-hydrogen) atoms. The molecule has 1 aromatic rings. The van der Waals surface area contributed by atoms with E-state index in [-0.39, 0.29) is 0 Å². The fourth-order valence-electron chi connectivity index (χ4n) is 1.55. The third-order valence-corrected chi connectivity index (χ3v) is 2.64. The van der Waals surface area contributed by atoms with Crippen molar-refractivity contribution in [1.29, 1.82) is 0 Å². The zero-order valence-corrected chi connectivity index (χ0v) is 10.8. The molecule has 0 saturated carbocycles. The summed E-state index contributed by atoms with van der Waals surface area (Å²) >= 11 is 0. The average Bonchev–Trinajstić information content (AvgIpc) is 2.38. The van der Waals surface area contributed by atoms with Crippen LogP contribution < -0.4 is 5.32 Å². The molecule has 1 atom stereocenters. The van der Waals surface area contributed by atoms with Crippen LogP contribution in [-0.2, 0) is 6.42 Å². The van der Waals surface area contributed by atoms with Gasteiger partial charge in [-0.3, -0.25) is 0 Å². The van der Waals surface area contributed by atoms with E-state index in [1.807, 2.05) is 36.6 Å². The van der Waals surface area contributed by atoms with Crippen molar-refractivity contribution in [1.82, 2.24) is 5.32 Å². The van der Waals surface area contributed by atoms with Gasteiger partial charge in [-0.1, -0.05) is 36.9 Å². The Morgan fingerprint density at radius 2 is 1.94 bits per heavy atom. The second-order valence-electron chi connectivity index (χ2n) is 4.25. The molecule has 1 aromatic carbocycles. The highest BCUT2D eigenvalue weighted by molar-refractivity contribution is 5.25. The summed E-state index contributed by atoms with van der Waals surface area (Å²) < 4.78 is 0. The van der Waals surface area contributed by atoms with Gasteiger partial charge in [-0.2, -0.15) is 0 Å². The summed E-state index contributed by atoms with van der Waals surface area (Å²) in [7, 11) is 0. The highest BCUT2D eigenvalue weighted by atomic mass is 16.3. The van der Waals surface area contributed by atoms with Crippen LogP contribution in [0.3, 0.4) is 0 Å². The van der Waals surface area contributed by atoms with Crippen molar-refractivity contribution in [2.45, 2.75) is 25.8 Å². The van der Waals surface area contributed by atoms with Gasteiger partial charge in [-0.25, -0.2) is 0 Å². The van der Waals surface area contributed by atoms with Gasteiger partial charge in [0, 0.05) is 6.04 Å². The number of hydrogen-bond acceptors (Lipinski definition) is 2. The van der Waals surface area contributed by atoms with E-state index in [4.69, 9.17) is 0 Å². The fourth-order valence-corrected chi connectivity index (χ4v) is 1.55. The Morgan fingerprint density at radius 3 is 2.61 bits per heavy atom. The number of nitrogens with one attached hydrogen (secondary N) is 1. The van der Waals surface area contributed by atoms with Crippen LogP contribution in [0.15, 0.2) is 61.3 Å². The molecule has 0 aliphatic rings. The van der Waals surface area contributed by atoms with Crippen molar-refractivity contribution in [3.8, 4) is 5.75 Å². The van der Waals surface area contributed by atoms with Crippen molar-refractivity contribution in [3.63, 3.8) is 0 Å². The van der Waals surface area contributed by atoms with Crippen LogP contribution in [0.4, 0.5) is 0 Å². The minimum Gasteiger partial charge on any atom is -0.508 e. The molecule has 2 nitrogen and oxygen atoms in total. The van der Waals surface area contributed by atoms with Gasteiger partial charge in [-0.15, -0.1) is 0 Å². The SMILES string of the molecule is C=C/C=C\C=C\NC(C)CCc1ccc(O)cc1. The van der Waals surface area contributed by atoms with E-state index in [2.05, 4.69) is 18.8 Å². The molecule has 0 fully saturated rings. The Morgan fingerprint density at radius 1 is 1.22 bits per heavy atom. The molecule has 0 aromatic heterocycles. The molecule has 0 spiro atoms. The number of aryl methyl sites for hydroxylation is 1. The number of hydrogen-bond donors (Lipinski definition) is 2. The zero-order valence-electron chi connectivity index (χ0n) is 10.8. The topological polar surface area (TPSA) is 32.3 Å². The molecular weight excluding hydrogens is 222 g/mol. The predicted molar refractivity (Wildman–Crippen MR) is 77.5 cm³/mol. The summed E-state index contributed by atoms with van der Waals surface area (Å²) in [6.07, 6.45) is 11.5. The molecule has 0 bridgehead atoms. The number of phenolic OH excluding ortho intramolecular Hbond substituents is 1. The molecule has 0 radical (unpaired) electrons. The van der Waals surface area contributed by atoms with E-state index in [0.717, 1.165) is 12.8 Å². The zero-order chi connectivity index (χ0) is 13.2. The molecule has 1 unspecified atom stereocenters. The molecule has 0 aliphatic carbocycles. The van der Waals surface area contributed by atoms with Crippen LogP contribution in [0.25, 0.3) is 0 Å². The van der Waals surface area contributed by atoms with Gasteiger partial charge < -0.3 is 10.4 Å². The van der Waals surface area contributed by atoms with Gasteiger partial charge in [-0.05, 0) is 49.7 Å². The number of phenols is 1. The lowest BCUT2D eigenvalue weighted by Gasteiger charge is -2.11. The van der Waals surface area contributed by atoms with Crippen LogP contribution in [0, 0.1) is 0 Å². The highest BCUT2D eigenvalue weighted by Gasteiger charge is 1.99. The maximum atomic E-state index is 9.19. The van der Waals surface area contributed by atoms with E-state index in [1.165, 1.54) is 5.56 Å². The van der Waals surface area contributed by atoms with Crippen LogP contribution >= 0.6 is 0 Å². The van der Waals surface area contributed by atoms with E-state index < -0.39 is 0 Å². The van der Waals surface area contributed by atoms with Crippen molar-refractivity contribution >= 4 is 0 Å². The molecule has 0 aliphatic heterocycles. The summed E-state index contributed by atoms with van der Waals surface area (Å²) in [6.45, 7) is 5.76. The Bertz CT molecular complexity index is 404. The van der Waals surface area contributed by atoms with Crippen LogP contribution in [0.1, 0.15) is 18.9 Å². The second kappa shape index (κ2) is 8.18. The highest BCUT2D eigenvalue weighted by Crippen LogP contribution is 2.11. The second-order valence-corrected chi connectivity index (χ2v) is 4.25. The van der Waals surface area contributed by atoms with Crippen LogP contribution in [0.5, 0.6) is 5.75 Å². The summed E-state index contributed by atoms with van der Waals surface area (Å²) in [6, 6.07) is 7.81. The molecule has 0 saturated heterocycles. The van der Waals surface area contributed by atoms with Crippen LogP contribution in [0.2, 0.25) is 0 Å². The Balaban J connectivity index is 2.26. The molecule has 0 amide bonds. The van der Waals surface area contributed by atoms with E-state index in [0.29, 0.717) is 11.8 Å². The largest absolute Gasteiger partial charge is 0.508 e. The summed E-state index contributed by atoms with van der Waals surface area (Å²) in [4.78, 5) is 0. The Hall–Kier alpha value is -1.96. The average molecular weight is 243 g/mol. The first kappa shape index (κ1) is 14.1. The molecule has 2 N–H and O–H groups in total. The maximum Gasteiger partial charge on any atom is 0.115 e. The fraction of sp³-hybridized carbons (Fsp3) is 0.250. The van der Waals surface area contributed by atoms with E-state index in [9.17, 15) is 5.11 Å². The molecule has 0 heterocycles. The third kappa shape index (κ3) is 5.94. The smallest absolute Gasteiger partial charge is 0.115 e. The van der Waals surface area contributed by atoms with Crippen LogP contribution in [-0.4, -0.2) is 11.1 Å². The van der Waals surface area contributed by atoms with Gasteiger partial charge >= 0.3 is 0 Å². The summed E-state index contributed by atoms with van der Waals surface area (Å²) in [5.74, 6) is 0.321. The van der Waals surface area contributed by atoms with Gasteiger partial charge in [0.25, 0.3) is 0 Å². The quantitative estimate of drug-likeness (QED) is 0.718. The third-order valence-electron chi connectivity index (χ3n) is 2.64. The number of rotatable bonds is 7. The first-order chi connectivity index (χ1) is 8.72. The Kier molecular flexibility index (Phi) is 6.41. The molecular formula is C16H21NO. The first-order valence-electron chi connectivity index (χ1n) is 6.20. The van der Waals surface area contributed by atoms with Crippen molar-refractivity contribution in [2.24, 2.45) is 0 Å². The number of aromatic hydroxyl groups is 1. The van der Waals surface area contributed by atoms with Crippen molar-refractivity contribution in [3.05, 3.63) is 66.9 Å². The maximum absolute atomic E-state index is 9.19. The van der Waals surface area contributed by atoms with Gasteiger partial charge in [0.1, 0.15) is 5.75 Å². The molecule has 96 valence electrons. The van der Waals surface area contributed by atoms with Gasteiger partial charge in [0.05, 0.1) is 0 Å². The first-order valence-corrected chi connectivity index (χ1v) is 6.20.